The standard InChI is InChI=1S/C13H19FN2O/c14-12-3-1-11(2-4-12)13(16-15)9-10-5-7-17-8-6-10/h1-4,10,13,16H,5-9,15H2. The Balaban J connectivity index is 1.97. The van der Waals surface area contributed by atoms with E-state index in [2.05, 4.69) is 5.43 Å². The third kappa shape index (κ3) is 3.49. The van der Waals surface area contributed by atoms with Gasteiger partial charge in [0.2, 0.25) is 0 Å². The van der Waals surface area contributed by atoms with Crippen molar-refractivity contribution in [1.29, 1.82) is 0 Å². The number of hydrazine groups is 1. The summed E-state index contributed by atoms with van der Waals surface area (Å²) in [4.78, 5) is 0. The van der Waals surface area contributed by atoms with Crippen molar-refractivity contribution in [3.63, 3.8) is 0 Å². The fourth-order valence-corrected chi connectivity index (χ4v) is 2.31. The number of ether oxygens (including phenoxy) is 1. The highest BCUT2D eigenvalue weighted by molar-refractivity contribution is 5.19. The van der Waals surface area contributed by atoms with E-state index >= 15 is 0 Å². The Morgan fingerprint density at radius 3 is 2.53 bits per heavy atom. The number of halogens is 1. The molecule has 3 nitrogen and oxygen atoms in total. The molecule has 1 aromatic rings. The summed E-state index contributed by atoms with van der Waals surface area (Å²) in [6.45, 7) is 1.68. The van der Waals surface area contributed by atoms with E-state index in [9.17, 15) is 4.39 Å². The maximum atomic E-state index is 12.8. The molecule has 94 valence electrons. The van der Waals surface area contributed by atoms with Crippen LogP contribution in [0.4, 0.5) is 4.39 Å². The summed E-state index contributed by atoms with van der Waals surface area (Å²) in [5.74, 6) is 6.01. The SMILES string of the molecule is NNC(CC1CCOCC1)c1ccc(F)cc1. The molecule has 0 aliphatic carbocycles. The molecule has 3 N–H and O–H groups in total. The molecule has 1 atom stereocenters. The lowest BCUT2D eigenvalue weighted by Gasteiger charge is -2.26. The first-order valence-electron chi connectivity index (χ1n) is 6.09. The molecule has 1 aliphatic heterocycles. The Morgan fingerprint density at radius 1 is 1.29 bits per heavy atom. The summed E-state index contributed by atoms with van der Waals surface area (Å²) in [7, 11) is 0. The first kappa shape index (κ1) is 12.5. The highest BCUT2D eigenvalue weighted by atomic mass is 19.1. The molecule has 1 fully saturated rings. The van der Waals surface area contributed by atoms with Crippen LogP contribution >= 0.6 is 0 Å². The summed E-state index contributed by atoms with van der Waals surface area (Å²) >= 11 is 0. The van der Waals surface area contributed by atoms with Crippen molar-refractivity contribution >= 4 is 0 Å². The van der Waals surface area contributed by atoms with E-state index < -0.39 is 0 Å². The molecular formula is C13H19FN2O. The molecule has 0 amide bonds. The van der Waals surface area contributed by atoms with Crippen LogP contribution in [0.5, 0.6) is 0 Å². The van der Waals surface area contributed by atoms with Crippen molar-refractivity contribution in [1.82, 2.24) is 5.43 Å². The van der Waals surface area contributed by atoms with Gasteiger partial charge >= 0.3 is 0 Å². The van der Waals surface area contributed by atoms with Gasteiger partial charge in [0.05, 0.1) is 0 Å². The van der Waals surface area contributed by atoms with Gasteiger partial charge in [0.25, 0.3) is 0 Å². The smallest absolute Gasteiger partial charge is 0.123 e. The van der Waals surface area contributed by atoms with Gasteiger partial charge < -0.3 is 4.74 Å². The Hall–Kier alpha value is -0.970. The zero-order valence-electron chi connectivity index (χ0n) is 9.86. The van der Waals surface area contributed by atoms with Gasteiger partial charge in [-0.1, -0.05) is 12.1 Å². The molecule has 17 heavy (non-hydrogen) atoms. The zero-order valence-corrected chi connectivity index (χ0v) is 9.86. The molecule has 0 radical (unpaired) electrons. The molecule has 1 saturated heterocycles. The quantitative estimate of drug-likeness (QED) is 0.624. The summed E-state index contributed by atoms with van der Waals surface area (Å²) in [6, 6.07) is 6.63. The van der Waals surface area contributed by atoms with E-state index in [1.807, 2.05) is 0 Å². The minimum absolute atomic E-state index is 0.0960. The monoisotopic (exact) mass is 238 g/mol. The van der Waals surface area contributed by atoms with Crippen molar-refractivity contribution in [3.05, 3.63) is 35.6 Å². The van der Waals surface area contributed by atoms with Crippen LogP contribution in [0.25, 0.3) is 0 Å². The van der Waals surface area contributed by atoms with Gasteiger partial charge in [-0.2, -0.15) is 0 Å². The lowest BCUT2D eigenvalue weighted by Crippen LogP contribution is -2.31. The van der Waals surface area contributed by atoms with Crippen LogP contribution in [0, 0.1) is 11.7 Å². The third-order valence-corrected chi connectivity index (χ3v) is 3.38. The summed E-state index contributed by atoms with van der Waals surface area (Å²) in [6.07, 6.45) is 3.14. The topological polar surface area (TPSA) is 47.3 Å². The predicted octanol–water partition coefficient (Wildman–Crippen LogP) is 2.15. The maximum Gasteiger partial charge on any atom is 0.123 e. The van der Waals surface area contributed by atoms with Gasteiger partial charge in [0.1, 0.15) is 5.82 Å². The molecule has 0 saturated carbocycles. The number of rotatable bonds is 4. The molecular weight excluding hydrogens is 219 g/mol. The Bertz CT molecular complexity index is 336. The predicted molar refractivity (Wildman–Crippen MR) is 64.6 cm³/mol. The minimum atomic E-state index is -0.212. The number of nitrogens with one attached hydrogen (secondary N) is 1. The summed E-state index contributed by atoms with van der Waals surface area (Å²) < 4.78 is 18.2. The van der Waals surface area contributed by atoms with Crippen molar-refractivity contribution in [2.75, 3.05) is 13.2 Å². The fraction of sp³-hybridized carbons (Fsp3) is 0.538. The second-order valence-corrected chi connectivity index (χ2v) is 4.56. The van der Waals surface area contributed by atoms with E-state index in [0.29, 0.717) is 5.92 Å². The van der Waals surface area contributed by atoms with Crippen LogP contribution in [-0.2, 0) is 4.74 Å². The number of benzene rings is 1. The molecule has 1 aromatic carbocycles. The molecule has 1 heterocycles. The van der Waals surface area contributed by atoms with Crippen LogP contribution < -0.4 is 11.3 Å². The highest BCUT2D eigenvalue weighted by Crippen LogP contribution is 2.27. The van der Waals surface area contributed by atoms with Gasteiger partial charge in [-0.3, -0.25) is 11.3 Å². The van der Waals surface area contributed by atoms with Gasteiger partial charge in [-0.05, 0) is 42.9 Å². The first-order valence-corrected chi connectivity index (χ1v) is 6.09. The molecule has 0 aromatic heterocycles. The molecule has 4 heteroatoms. The van der Waals surface area contributed by atoms with E-state index in [4.69, 9.17) is 10.6 Å². The average molecular weight is 238 g/mol. The first-order chi connectivity index (χ1) is 8.29. The number of hydrogen-bond donors (Lipinski definition) is 2. The van der Waals surface area contributed by atoms with E-state index in [1.54, 1.807) is 12.1 Å². The van der Waals surface area contributed by atoms with Crippen LogP contribution in [0.3, 0.4) is 0 Å². The normalized spacial score (nSPS) is 19.2. The van der Waals surface area contributed by atoms with Gasteiger partial charge in [-0.15, -0.1) is 0 Å². The molecule has 2 rings (SSSR count). The number of nitrogens with two attached hydrogens (primary N) is 1. The van der Waals surface area contributed by atoms with Crippen LogP contribution in [0.1, 0.15) is 30.9 Å². The van der Waals surface area contributed by atoms with E-state index in [-0.39, 0.29) is 11.9 Å². The van der Waals surface area contributed by atoms with Crippen LogP contribution in [-0.4, -0.2) is 13.2 Å². The number of hydrogen-bond acceptors (Lipinski definition) is 3. The Morgan fingerprint density at radius 2 is 1.94 bits per heavy atom. The van der Waals surface area contributed by atoms with Crippen molar-refractivity contribution in [2.45, 2.75) is 25.3 Å². The van der Waals surface area contributed by atoms with Gasteiger partial charge in [0.15, 0.2) is 0 Å². The van der Waals surface area contributed by atoms with E-state index in [1.165, 1.54) is 12.1 Å². The maximum absolute atomic E-state index is 12.8. The van der Waals surface area contributed by atoms with Crippen LogP contribution in [0.15, 0.2) is 24.3 Å². The lowest BCUT2D eigenvalue weighted by molar-refractivity contribution is 0.0605. The molecule has 0 spiro atoms. The van der Waals surface area contributed by atoms with E-state index in [0.717, 1.165) is 38.0 Å². The van der Waals surface area contributed by atoms with Crippen molar-refractivity contribution in [2.24, 2.45) is 11.8 Å². The zero-order chi connectivity index (χ0) is 12.1. The summed E-state index contributed by atoms with van der Waals surface area (Å²) in [5, 5.41) is 0. The molecule has 0 bridgehead atoms. The van der Waals surface area contributed by atoms with Crippen LogP contribution in [0.2, 0.25) is 0 Å². The fourth-order valence-electron chi connectivity index (χ4n) is 2.31. The van der Waals surface area contributed by atoms with Crippen molar-refractivity contribution < 1.29 is 9.13 Å². The Labute approximate surface area is 101 Å². The molecule has 1 aliphatic rings. The summed E-state index contributed by atoms with van der Waals surface area (Å²) in [5.41, 5.74) is 3.86. The van der Waals surface area contributed by atoms with Gasteiger partial charge in [-0.25, -0.2) is 4.39 Å². The van der Waals surface area contributed by atoms with Crippen molar-refractivity contribution in [3.8, 4) is 0 Å². The van der Waals surface area contributed by atoms with Gasteiger partial charge in [0, 0.05) is 19.3 Å². The molecule has 1 unspecified atom stereocenters. The lowest BCUT2D eigenvalue weighted by atomic mass is 9.90. The highest BCUT2D eigenvalue weighted by Gasteiger charge is 2.19. The largest absolute Gasteiger partial charge is 0.381 e. The second kappa shape index (κ2) is 6.10. The Kier molecular flexibility index (Phi) is 4.48. The second-order valence-electron chi connectivity index (χ2n) is 4.56. The minimum Gasteiger partial charge on any atom is -0.381 e. The average Bonchev–Trinajstić information content (AvgIpc) is 2.38. The third-order valence-electron chi connectivity index (χ3n) is 3.38.